The molecule has 0 N–H and O–H groups in total. The highest BCUT2D eigenvalue weighted by molar-refractivity contribution is 7.98. The summed E-state index contributed by atoms with van der Waals surface area (Å²) in [4.78, 5) is 22.6. The molecule has 0 aliphatic rings. The Morgan fingerprint density at radius 2 is 1.81 bits per heavy atom. The number of halogens is 2. The lowest BCUT2D eigenvalue weighted by molar-refractivity contribution is -0.118. The predicted octanol–water partition coefficient (Wildman–Crippen LogP) is 4.85. The van der Waals surface area contributed by atoms with Gasteiger partial charge in [-0.2, -0.15) is 0 Å². The molecule has 3 aromatic rings. The number of thiazole rings is 1. The maximum absolute atomic E-state index is 13.1. The number of fused-ring (bicyclic) bond motifs is 1. The Morgan fingerprint density at radius 1 is 1.12 bits per heavy atom. The Bertz CT molecular complexity index is 1170. The van der Waals surface area contributed by atoms with Gasteiger partial charge in [-0.15, -0.1) is 24.2 Å². The molecule has 11 heteroatoms. The molecule has 3 rings (SSSR count). The molecule has 0 radical (unpaired) electrons. The summed E-state index contributed by atoms with van der Waals surface area (Å²) in [5.74, 6) is -0.531. The Kier molecular flexibility index (Phi) is 9.81. The molecule has 6 nitrogen and oxygen atoms in total. The molecule has 2 aromatic carbocycles. The molecule has 0 saturated carbocycles. The van der Waals surface area contributed by atoms with Crippen molar-refractivity contribution in [2.24, 2.45) is 0 Å². The van der Waals surface area contributed by atoms with Crippen LogP contribution in [-0.2, 0) is 14.6 Å². The van der Waals surface area contributed by atoms with E-state index in [0.717, 1.165) is 15.1 Å². The van der Waals surface area contributed by atoms with E-state index < -0.39 is 9.84 Å². The van der Waals surface area contributed by atoms with Gasteiger partial charge in [0.15, 0.2) is 15.0 Å². The van der Waals surface area contributed by atoms with E-state index in [0.29, 0.717) is 23.2 Å². The van der Waals surface area contributed by atoms with Gasteiger partial charge in [0, 0.05) is 29.4 Å². The van der Waals surface area contributed by atoms with Gasteiger partial charge in [-0.3, -0.25) is 9.69 Å². The molecular weight excluding hydrogens is 509 g/mol. The van der Waals surface area contributed by atoms with E-state index in [-0.39, 0.29) is 35.4 Å². The molecule has 0 spiro atoms. The summed E-state index contributed by atoms with van der Waals surface area (Å²) >= 11 is 8.94. The van der Waals surface area contributed by atoms with Crippen LogP contribution in [-0.4, -0.2) is 63.4 Å². The molecule has 174 valence electrons. The number of thioether (sulfide) groups is 1. The first-order chi connectivity index (χ1) is 14.7. The first-order valence-electron chi connectivity index (χ1n) is 9.57. The molecule has 1 aromatic heterocycles. The number of carbonyl (C=O) groups excluding carboxylic acids is 1. The summed E-state index contributed by atoms with van der Waals surface area (Å²) in [6.45, 7) is 1.07. The lowest BCUT2D eigenvalue weighted by atomic mass is 10.3. The molecule has 1 amide bonds. The number of nitrogens with zero attached hydrogens (tertiary/aromatic N) is 3. The van der Waals surface area contributed by atoms with Gasteiger partial charge < -0.3 is 4.90 Å². The quantitative estimate of drug-likeness (QED) is 0.366. The minimum absolute atomic E-state index is 0. The molecular formula is C21H25Cl2N3O3S3. The van der Waals surface area contributed by atoms with Crippen molar-refractivity contribution in [1.82, 2.24) is 9.88 Å². The molecule has 0 unspecified atom stereocenters. The number of likely N-dealkylation sites (N-methyl/N-ethyl adjacent to an activating group) is 1. The fraction of sp³-hybridized carbons (Fsp3) is 0.333. The van der Waals surface area contributed by atoms with E-state index in [2.05, 4.69) is 11.1 Å². The smallest absolute Gasteiger partial charge is 0.229 e. The van der Waals surface area contributed by atoms with Gasteiger partial charge in [0.1, 0.15) is 0 Å². The second-order valence-electron chi connectivity index (χ2n) is 7.20. The average molecular weight is 535 g/mol. The van der Waals surface area contributed by atoms with Gasteiger partial charge >= 0.3 is 0 Å². The number of hydrogen-bond acceptors (Lipinski definition) is 7. The molecule has 0 atom stereocenters. The number of aromatic nitrogens is 1. The molecule has 0 saturated heterocycles. The first-order valence-corrected chi connectivity index (χ1v) is 13.6. The number of rotatable bonds is 9. The molecule has 1 heterocycles. The van der Waals surface area contributed by atoms with Gasteiger partial charge in [0.2, 0.25) is 5.91 Å². The van der Waals surface area contributed by atoms with Crippen molar-refractivity contribution < 1.29 is 13.2 Å². The van der Waals surface area contributed by atoms with Crippen LogP contribution in [0.5, 0.6) is 0 Å². The van der Waals surface area contributed by atoms with Crippen LogP contribution >= 0.6 is 47.1 Å². The minimum Gasteiger partial charge on any atom is -0.308 e. The zero-order chi connectivity index (χ0) is 22.6. The van der Waals surface area contributed by atoms with E-state index >= 15 is 0 Å². The summed E-state index contributed by atoms with van der Waals surface area (Å²) in [7, 11) is 0.266. The highest BCUT2D eigenvalue weighted by Crippen LogP contribution is 2.32. The van der Waals surface area contributed by atoms with Crippen molar-refractivity contribution in [2.45, 2.75) is 16.2 Å². The monoisotopic (exact) mass is 533 g/mol. The molecule has 32 heavy (non-hydrogen) atoms. The van der Waals surface area contributed by atoms with Gasteiger partial charge in [-0.1, -0.05) is 22.9 Å². The van der Waals surface area contributed by atoms with Crippen LogP contribution in [0.15, 0.2) is 52.3 Å². The fourth-order valence-corrected chi connectivity index (χ4v) is 5.80. The maximum atomic E-state index is 13.1. The standard InChI is InChI=1S/C21H24ClN3O3S3.ClH/c1-24(2)11-12-25(21-23-18-9-6-16(29-3)14-19(18)30-21)20(26)10-13-31(27,28)17-7-4-15(22)5-8-17;/h4-9,14H,10-13H2,1-3H3;1H. The summed E-state index contributed by atoms with van der Waals surface area (Å²) in [6, 6.07) is 12.0. The largest absolute Gasteiger partial charge is 0.308 e. The number of anilines is 1. The van der Waals surface area contributed by atoms with Gasteiger partial charge in [-0.05, 0) is 62.8 Å². The maximum Gasteiger partial charge on any atom is 0.229 e. The SMILES string of the molecule is CSc1ccc2nc(N(CCN(C)C)C(=O)CCS(=O)(=O)c3ccc(Cl)cc3)sc2c1.Cl. The highest BCUT2D eigenvalue weighted by Gasteiger charge is 2.23. The Hall–Kier alpha value is -1.36. The fourth-order valence-electron chi connectivity index (χ4n) is 2.88. The first kappa shape index (κ1) is 26.9. The van der Waals surface area contributed by atoms with E-state index in [9.17, 15) is 13.2 Å². The summed E-state index contributed by atoms with van der Waals surface area (Å²) in [5, 5.41) is 1.05. The third-order valence-corrected chi connectivity index (χ3v) is 8.39. The lowest BCUT2D eigenvalue weighted by Gasteiger charge is -2.22. The van der Waals surface area contributed by atoms with Crippen LogP contribution in [0.4, 0.5) is 5.13 Å². The van der Waals surface area contributed by atoms with Crippen molar-refractivity contribution >= 4 is 78.2 Å². The lowest BCUT2D eigenvalue weighted by Crippen LogP contribution is -2.37. The van der Waals surface area contributed by atoms with Crippen molar-refractivity contribution in [2.75, 3.05) is 44.1 Å². The van der Waals surface area contributed by atoms with Crippen LogP contribution in [0, 0.1) is 0 Å². The molecule has 0 aliphatic heterocycles. The van der Waals surface area contributed by atoms with E-state index in [4.69, 9.17) is 11.6 Å². The third kappa shape index (κ3) is 6.82. The normalized spacial score (nSPS) is 11.5. The number of sulfone groups is 1. The molecule has 0 bridgehead atoms. The van der Waals surface area contributed by atoms with E-state index in [1.54, 1.807) is 16.7 Å². The number of carbonyl (C=O) groups is 1. The number of benzene rings is 2. The van der Waals surface area contributed by atoms with Crippen LogP contribution < -0.4 is 4.90 Å². The van der Waals surface area contributed by atoms with Gasteiger partial charge in [0.25, 0.3) is 0 Å². The predicted molar refractivity (Wildman–Crippen MR) is 138 cm³/mol. The molecule has 0 aliphatic carbocycles. The number of hydrogen-bond donors (Lipinski definition) is 0. The van der Waals surface area contributed by atoms with E-state index in [1.807, 2.05) is 37.4 Å². The van der Waals surface area contributed by atoms with Crippen molar-refractivity contribution in [1.29, 1.82) is 0 Å². The van der Waals surface area contributed by atoms with Crippen LogP contribution in [0.25, 0.3) is 10.2 Å². The molecule has 0 fully saturated rings. The second kappa shape index (κ2) is 11.7. The second-order valence-corrected chi connectivity index (χ2v) is 11.6. The van der Waals surface area contributed by atoms with Crippen LogP contribution in [0.2, 0.25) is 5.02 Å². The zero-order valence-corrected chi connectivity index (χ0v) is 22.0. The highest BCUT2D eigenvalue weighted by atomic mass is 35.5. The van der Waals surface area contributed by atoms with Crippen molar-refractivity contribution in [3.8, 4) is 0 Å². The van der Waals surface area contributed by atoms with Crippen LogP contribution in [0.3, 0.4) is 0 Å². The van der Waals surface area contributed by atoms with Gasteiger partial charge in [0.05, 0.1) is 20.9 Å². The van der Waals surface area contributed by atoms with E-state index in [1.165, 1.54) is 35.6 Å². The summed E-state index contributed by atoms with van der Waals surface area (Å²) < 4.78 is 26.3. The van der Waals surface area contributed by atoms with Gasteiger partial charge in [-0.25, -0.2) is 13.4 Å². The summed E-state index contributed by atoms with van der Waals surface area (Å²) in [6.07, 6.45) is 1.89. The summed E-state index contributed by atoms with van der Waals surface area (Å²) in [5.41, 5.74) is 0.828. The average Bonchev–Trinajstić information content (AvgIpc) is 3.15. The van der Waals surface area contributed by atoms with Crippen molar-refractivity contribution in [3.05, 3.63) is 47.5 Å². The third-order valence-electron chi connectivity index (χ3n) is 4.64. The minimum atomic E-state index is -3.59. The topological polar surface area (TPSA) is 70.6 Å². The Balaban J connectivity index is 0.00000363. The van der Waals surface area contributed by atoms with Crippen molar-refractivity contribution in [3.63, 3.8) is 0 Å². The Morgan fingerprint density at radius 3 is 2.44 bits per heavy atom. The Labute approximate surface area is 208 Å². The zero-order valence-electron chi connectivity index (χ0n) is 17.9. The van der Waals surface area contributed by atoms with Crippen LogP contribution in [0.1, 0.15) is 6.42 Å². The number of amides is 1.